The highest BCUT2D eigenvalue weighted by molar-refractivity contribution is 7.92. The molecule has 4 rings (SSSR count). The van der Waals surface area contributed by atoms with Crippen LogP contribution >= 0.6 is 0 Å². The van der Waals surface area contributed by atoms with E-state index in [9.17, 15) is 13.5 Å². The predicted molar refractivity (Wildman–Crippen MR) is 123 cm³/mol. The molecule has 170 valence electrons. The second kappa shape index (κ2) is 8.74. The molecule has 0 radical (unpaired) electrons. The molecule has 1 saturated heterocycles. The van der Waals surface area contributed by atoms with E-state index in [1.54, 1.807) is 18.2 Å². The molecule has 2 atom stereocenters. The minimum atomic E-state index is -3.39. The third kappa shape index (κ3) is 4.75. The molecule has 0 aromatic heterocycles. The Labute approximate surface area is 189 Å². The molecule has 2 aromatic rings. The molecule has 32 heavy (non-hydrogen) atoms. The fraction of sp³-hybridized carbons (Fsp3) is 0.458. The van der Waals surface area contributed by atoms with Crippen LogP contribution in [0.1, 0.15) is 42.6 Å². The molecule has 2 heterocycles. The van der Waals surface area contributed by atoms with Gasteiger partial charge in [0.1, 0.15) is 11.4 Å². The average Bonchev–Trinajstić information content (AvgIpc) is 2.77. The Kier molecular flexibility index (Phi) is 6.17. The normalized spacial score (nSPS) is 22.6. The topological polar surface area (TPSA) is 103 Å². The summed E-state index contributed by atoms with van der Waals surface area (Å²) < 4.78 is 32.0. The van der Waals surface area contributed by atoms with Gasteiger partial charge in [-0.15, -0.1) is 0 Å². The maximum atomic E-state index is 11.5. The van der Waals surface area contributed by atoms with E-state index < -0.39 is 21.7 Å². The maximum Gasteiger partial charge on any atom is 0.229 e. The number of aliphatic hydroxyl groups is 1. The molecule has 2 unspecified atom stereocenters. The number of nitriles is 1. The zero-order chi connectivity index (χ0) is 22.9. The van der Waals surface area contributed by atoms with Gasteiger partial charge >= 0.3 is 0 Å². The van der Waals surface area contributed by atoms with Crippen molar-refractivity contribution in [2.45, 2.75) is 37.9 Å². The van der Waals surface area contributed by atoms with Gasteiger partial charge in [0.25, 0.3) is 0 Å². The summed E-state index contributed by atoms with van der Waals surface area (Å²) in [5.41, 5.74) is 2.52. The molecule has 0 saturated carbocycles. The maximum absolute atomic E-state index is 11.5. The molecule has 8 heteroatoms. The predicted octanol–water partition coefficient (Wildman–Crippen LogP) is 3.07. The third-order valence-electron chi connectivity index (χ3n) is 6.75. The van der Waals surface area contributed by atoms with E-state index in [-0.39, 0.29) is 5.92 Å². The molecule has 0 bridgehead atoms. The van der Waals surface area contributed by atoms with Gasteiger partial charge in [-0.25, -0.2) is 8.42 Å². The second-order valence-corrected chi connectivity index (χ2v) is 10.7. The monoisotopic (exact) mass is 455 g/mol. The van der Waals surface area contributed by atoms with E-state index in [0.717, 1.165) is 45.2 Å². The summed E-state index contributed by atoms with van der Waals surface area (Å²) in [5.74, 6) is 0.518. The minimum absolute atomic E-state index is 0.107. The van der Waals surface area contributed by atoms with Crippen LogP contribution in [0.15, 0.2) is 42.5 Å². The van der Waals surface area contributed by atoms with Gasteiger partial charge in [-0.3, -0.25) is 4.72 Å². The zero-order valence-corrected chi connectivity index (χ0v) is 19.2. The Bertz CT molecular complexity index is 1120. The molecular weight excluding hydrogens is 426 g/mol. The van der Waals surface area contributed by atoms with E-state index in [2.05, 4.69) is 15.7 Å². The quantitative estimate of drug-likeness (QED) is 0.718. The van der Waals surface area contributed by atoms with E-state index in [0.29, 0.717) is 22.6 Å². The van der Waals surface area contributed by atoms with Crippen LogP contribution in [0.5, 0.6) is 5.75 Å². The molecule has 0 aliphatic carbocycles. The van der Waals surface area contributed by atoms with Crippen molar-refractivity contribution in [3.8, 4) is 11.8 Å². The molecule has 2 aromatic carbocycles. The summed E-state index contributed by atoms with van der Waals surface area (Å²) in [4.78, 5) is 2.42. The standard InChI is InChI=1S/C24H29N3O4S/c1-17-23(28)21-15-20(26-32(2,29)30)7-8-22(21)31-24(17)10-13-27(14-11-24)12-9-18-3-5-19(16-25)6-4-18/h3-8,15,17,23,26,28H,9-14H2,1-2H3. The summed E-state index contributed by atoms with van der Waals surface area (Å²) in [6.07, 6.45) is 2.95. The number of sulfonamides is 1. The van der Waals surface area contributed by atoms with Crippen LogP contribution in [-0.4, -0.2) is 49.9 Å². The second-order valence-electron chi connectivity index (χ2n) is 8.93. The average molecular weight is 456 g/mol. The lowest BCUT2D eigenvalue weighted by Crippen LogP contribution is -2.55. The zero-order valence-electron chi connectivity index (χ0n) is 18.4. The number of hydrogen-bond acceptors (Lipinski definition) is 6. The smallest absolute Gasteiger partial charge is 0.229 e. The number of benzene rings is 2. The fourth-order valence-corrected chi connectivity index (χ4v) is 5.32. The summed E-state index contributed by atoms with van der Waals surface area (Å²) in [7, 11) is -3.39. The van der Waals surface area contributed by atoms with Crippen molar-refractivity contribution in [1.29, 1.82) is 5.26 Å². The number of aliphatic hydroxyl groups excluding tert-OH is 1. The first-order valence-corrected chi connectivity index (χ1v) is 12.8. The van der Waals surface area contributed by atoms with E-state index in [4.69, 9.17) is 10.00 Å². The van der Waals surface area contributed by atoms with E-state index >= 15 is 0 Å². The Morgan fingerprint density at radius 3 is 2.53 bits per heavy atom. The van der Waals surface area contributed by atoms with Crippen LogP contribution in [-0.2, 0) is 16.4 Å². The summed E-state index contributed by atoms with van der Waals surface area (Å²) >= 11 is 0. The van der Waals surface area contributed by atoms with Crippen LogP contribution in [0.25, 0.3) is 0 Å². The number of anilines is 1. The molecular formula is C24H29N3O4S. The third-order valence-corrected chi connectivity index (χ3v) is 7.36. The SMILES string of the molecule is CC1C(O)c2cc(NS(C)(=O)=O)ccc2OC12CCN(CCc1ccc(C#N)cc1)CC2. The van der Waals surface area contributed by atoms with Crippen molar-refractivity contribution in [3.05, 3.63) is 59.2 Å². The molecule has 1 fully saturated rings. The number of likely N-dealkylation sites (tertiary alicyclic amines) is 1. The summed E-state index contributed by atoms with van der Waals surface area (Å²) in [5, 5.41) is 20.0. The number of ether oxygens (including phenoxy) is 1. The van der Waals surface area contributed by atoms with Crippen LogP contribution in [0.2, 0.25) is 0 Å². The van der Waals surface area contributed by atoms with Gasteiger partial charge in [0.15, 0.2) is 0 Å². The first kappa shape index (κ1) is 22.6. The van der Waals surface area contributed by atoms with Crippen molar-refractivity contribution >= 4 is 15.7 Å². The lowest BCUT2D eigenvalue weighted by Gasteiger charge is -2.50. The largest absolute Gasteiger partial charge is 0.486 e. The number of nitrogens with one attached hydrogen (secondary N) is 1. The Balaban J connectivity index is 1.40. The molecule has 0 amide bonds. The van der Waals surface area contributed by atoms with Gasteiger partial charge in [-0.05, 0) is 42.3 Å². The van der Waals surface area contributed by atoms with Crippen LogP contribution < -0.4 is 9.46 Å². The number of nitrogens with zero attached hydrogens (tertiary/aromatic N) is 2. The number of piperidine rings is 1. The Hall–Kier alpha value is -2.60. The molecule has 1 spiro atoms. The van der Waals surface area contributed by atoms with Gasteiger partial charge in [-0.1, -0.05) is 19.1 Å². The van der Waals surface area contributed by atoms with Crippen LogP contribution in [0.4, 0.5) is 5.69 Å². The Morgan fingerprint density at radius 1 is 1.22 bits per heavy atom. The highest BCUT2D eigenvalue weighted by Crippen LogP contribution is 2.48. The lowest BCUT2D eigenvalue weighted by atomic mass is 9.73. The molecule has 7 nitrogen and oxygen atoms in total. The first-order valence-electron chi connectivity index (χ1n) is 10.9. The fourth-order valence-electron chi connectivity index (χ4n) is 4.76. The highest BCUT2D eigenvalue weighted by Gasteiger charge is 2.48. The van der Waals surface area contributed by atoms with Gasteiger partial charge < -0.3 is 14.7 Å². The van der Waals surface area contributed by atoms with Gasteiger partial charge in [0.2, 0.25) is 10.0 Å². The number of rotatable bonds is 5. The van der Waals surface area contributed by atoms with Crippen molar-refractivity contribution in [3.63, 3.8) is 0 Å². The van der Waals surface area contributed by atoms with Crippen molar-refractivity contribution in [2.75, 3.05) is 30.6 Å². The molecule has 2 aliphatic heterocycles. The van der Waals surface area contributed by atoms with Crippen LogP contribution in [0, 0.1) is 17.2 Å². The molecule has 2 N–H and O–H groups in total. The summed E-state index contributed by atoms with van der Waals surface area (Å²) in [6, 6.07) is 15.0. The first-order chi connectivity index (χ1) is 15.2. The Morgan fingerprint density at radius 2 is 1.91 bits per heavy atom. The van der Waals surface area contributed by atoms with Gasteiger partial charge in [0, 0.05) is 49.6 Å². The van der Waals surface area contributed by atoms with E-state index in [1.807, 2.05) is 31.2 Å². The van der Waals surface area contributed by atoms with Crippen molar-refractivity contribution in [2.24, 2.45) is 5.92 Å². The highest BCUT2D eigenvalue weighted by atomic mass is 32.2. The number of hydrogen-bond donors (Lipinski definition) is 2. The summed E-state index contributed by atoms with van der Waals surface area (Å²) in [6.45, 7) is 4.72. The van der Waals surface area contributed by atoms with Crippen molar-refractivity contribution in [1.82, 2.24) is 4.90 Å². The molecule has 2 aliphatic rings. The minimum Gasteiger partial charge on any atom is -0.486 e. The van der Waals surface area contributed by atoms with Gasteiger partial charge in [0.05, 0.1) is 24.0 Å². The number of fused-ring (bicyclic) bond motifs is 1. The lowest BCUT2D eigenvalue weighted by molar-refractivity contribution is -0.0994. The van der Waals surface area contributed by atoms with Gasteiger partial charge in [-0.2, -0.15) is 5.26 Å². The van der Waals surface area contributed by atoms with Crippen molar-refractivity contribution < 1.29 is 18.3 Å². The van der Waals surface area contributed by atoms with Crippen LogP contribution in [0.3, 0.4) is 0 Å². The van der Waals surface area contributed by atoms with E-state index in [1.165, 1.54) is 5.56 Å².